The molecule has 2 aromatic heterocycles. The van der Waals surface area contributed by atoms with Crippen LogP contribution in [0.5, 0.6) is 5.88 Å². The minimum absolute atomic E-state index is 0.00398. The Hall–Kier alpha value is -3.55. The molecule has 2 aliphatic rings. The van der Waals surface area contributed by atoms with Gasteiger partial charge in [0.1, 0.15) is 12.4 Å². The van der Waals surface area contributed by atoms with Crippen LogP contribution in [0, 0.1) is 29.0 Å². The number of benzene rings is 1. The zero-order chi connectivity index (χ0) is 24.4. The van der Waals surface area contributed by atoms with Crippen LogP contribution in [0.25, 0.3) is 0 Å². The van der Waals surface area contributed by atoms with Crippen LogP contribution < -0.4 is 15.0 Å². The highest BCUT2D eigenvalue weighted by atomic mass is 35.5. The van der Waals surface area contributed by atoms with Gasteiger partial charge < -0.3 is 19.7 Å². The third kappa shape index (κ3) is 4.83. The number of nitrogens with one attached hydrogen (secondary N) is 1. The van der Waals surface area contributed by atoms with Crippen LogP contribution in [-0.2, 0) is 11.2 Å². The van der Waals surface area contributed by atoms with Crippen molar-refractivity contribution in [2.45, 2.75) is 19.4 Å². The fourth-order valence-electron chi connectivity index (χ4n) is 4.41. The summed E-state index contributed by atoms with van der Waals surface area (Å²) in [6.07, 6.45) is 5.55. The number of aromatic nitrogens is 4. The number of rotatable bonds is 6. The second-order valence-electron chi connectivity index (χ2n) is 8.56. The van der Waals surface area contributed by atoms with Crippen molar-refractivity contribution in [3.05, 3.63) is 58.9 Å². The van der Waals surface area contributed by atoms with Gasteiger partial charge in [0.05, 0.1) is 35.6 Å². The maximum absolute atomic E-state index is 15.3. The monoisotopic (exact) mass is 495 g/mol. The first-order valence-corrected chi connectivity index (χ1v) is 11.7. The Bertz CT molecular complexity index is 1240. The molecule has 0 saturated carbocycles. The fraction of sp³-hybridized carbons (Fsp3) is 0.375. The number of fused-ring (bicyclic) bond motifs is 2. The molecule has 11 heteroatoms. The van der Waals surface area contributed by atoms with Crippen molar-refractivity contribution in [2.24, 2.45) is 11.8 Å². The van der Waals surface area contributed by atoms with E-state index >= 15 is 4.39 Å². The largest absolute Gasteiger partial charge is 0.471 e. The average molecular weight is 496 g/mol. The van der Waals surface area contributed by atoms with Gasteiger partial charge in [-0.2, -0.15) is 14.6 Å². The third-order valence-corrected chi connectivity index (χ3v) is 6.55. The number of aryl methyl sites for hydroxylation is 1. The highest BCUT2D eigenvalue weighted by Gasteiger charge is 2.43. The SMILES string of the molecule is CCc1cnc(N2CC3COCC(C2)C3Oc2ncnc(Nc3ccc(C#N)cc3Cl)c2F)nc1. The molecule has 0 radical (unpaired) electrons. The number of hydrogen-bond acceptors (Lipinski definition) is 9. The molecule has 0 spiro atoms. The lowest BCUT2D eigenvalue weighted by Crippen LogP contribution is -2.58. The van der Waals surface area contributed by atoms with Crippen molar-refractivity contribution in [2.75, 3.05) is 36.5 Å². The summed E-state index contributed by atoms with van der Waals surface area (Å²) >= 11 is 6.21. The lowest BCUT2D eigenvalue weighted by molar-refractivity contribution is -0.0780. The first kappa shape index (κ1) is 23.2. The number of hydrogen-bond donors (Lipinski definition) is 1. The first-order valence-electron chi connectivity index (χ1n) is 11.3. The van der Waals surface area contributed by atoms with Crippen LogP contribution in [0.2, 0.25) is 5.02 Å². The molecule has 3 aromatic rings. The predicted molar refractivity (Wildman–Crippen MR) is 127 cm³/mol. The lowest BCUT2D eigenvalue weighted by atomic mass is 9.84. The van der Waals surface area contributed by atoms with E-state index in [4.69, 9.17) is 26.3 Å². The average Bonchev–Trinajstić information content (AvgIpc) is 2.87. The minimum Gasteiger partial charge on any atom is -0.471 e. The fourth-order valence-corrected chi connectivity index (χ4v) is 4.64. The smallest absolute Gasteiger partial charge is 0.256 e. The second kappa shape index (κ2) is 9.98. The molecule has 2 saturated heterocycles. The summed E-state index contributed by atoms with van der Waals surface area (Å²) in [7, 11) is 0. The Labute approximate surface area is 206 Å². The van der Waals surface area contributed by atoms with Gasteiger partial charge in [-0.05, 0) is 30.2 Å². The molecule has 5 rings (SSSR count). The molecular weight excluding hydrogens is 473 g/mol. The molecular formula is C24H23ClFN7O2. The molecule has 180 valence electrons. The zero-order valence-electron chi connectivity index (χ0n) is 19.0. The zero-order valence-corrected chi connectivity index (χ0v) is 19.7. The van der Waals surface area contributed by atoms with Gasteiger partial charge in [0, 0.05) is 37.3 Å². The summed E-state index contributed by atoms with van der Waals surface area (Å²) in [6.45, 7) is 4.30. The summed E-state index contributed by atoms with van der Waals surface area (Å²) in [5.74, 6) is -0.244. The molecule has 35 heavy (non-hydrogen) atoms. The van der Waals surface area contributed by atoms with Crippen molar-refractivity contribution in [1.82, 2.24) is 19.9 Å². The van der Waals surface area contributed by atoms with Gasteiger partial charge in [0.25, 0.3) is 5.88 Å². The first-order chi connectivity index (χ1) is 17.1. The number of halogens is 2. The van der Waals surface area contributed by atoms with Crippen LogP contribution in [-0.4, -0.2) is 52.3 Å². The van der Waals surface area contributed by atoms with E-state index in [0.29, 0.717) is 43.5 Å². The maximum Gasteiger partial charge on any atom is 0.256 e. The van der Waals surface area contributed by atoms with E-state index in [1.54, 1.807) is 12.1 Å². The Morgan fingerprint density at radius 2 is 1.94 bits per heavy atom. The molecule has 2 unspecified atom stereocenters. The van der Waals surface area contributed by atoms with E-state index in [0.717, 1.165) is 12.0 Å². The van der Waals surface area contributed by atoms with E-state index in [-0.39, 0.29) is 34.7 Å². The van der Waals surface area contributed by atoms with Gasteiger partial charge in [-0.3, -0.25) is 0 Å². The summed E-state index contributed by atoms with van der Waals surface area (Å²) in [5.41, 5.74) is 1.91. The molecule has 2 atom stereocenters. The van der Waals surface area contributed by atoms with Crippen LogP contribution in [0.3, 0.4) is 0 Å². The molecule has 9 nitrogen and oxygen atoms in total. The van der Waals surface area contributed by atoms with Gasteiger partial charge in [-0.15, -0.1) is 0 Å². The number of nitrogens with zero attached hydrogens (tertiary/aromatic N) is 6. The lowest BCUT2D eigenvalue weighted by Gasteiger charge is -2.46. The second-order valence-corrected chi connectivity index (χ2v) is 8.97. The van der Waals surface area contributed by atoms with Gasteiger partial charge in [0.15, 0.2) is 5.82 Å². The van der Waals surface area contributed by atoms with Gasteiger partial charge >= 0.3 is 0 Å². The summed E-state index contributed by atoms with van der Waals surface area (Å²) in [6, 6.07) is 6.68. The number of ether oxygens (including phenoxy) is 2. The normalized spacial score (nSPS) is 21.3. The number of piperidine rings is 1. The predicted octanol–water partition coefficient (Wildman–Crippen LogP) is 3.77. The summed E-state index contributed by atoms with van der Waals surface area (Å²) < 4.78 is 27.2. The Kier molecular flexibility index (Phi) is 6.61. The standard InChI is InChI=1S/C24H23ClFN7O2/c1-2-14-7-28-24(29-8-14)33-9-16-11-34-12-17(10-33)21(16)35-23-20(26)22(30-13-31-23)32-19-4-3-15(6-27)5-18(19)25/h3-5,7-8,13,16-17,21H,2,9-12H2,1H3,(H,30,31,32). The highest BCUT2D eigenvalue weighted by molar-refractivity contribution is 6.33. The van der Waals surface area contributed by atoms with Crippen molar-refractivity contribution in [1.29, 1.82) is 5.26 Å². The summed E-state index contributed by atoms with van der Waals surface area (Å²) in [4.78, 5) is 19.2. The summed E-state index contributed by atoms with van der Waals surface area (Å²) in [5, 5.41) is 12.1. The minimum atomic E-state index is -0.715. The molecule has 1 aromatic carbocycles. The van der Waals surface area contributed by atoms with Crippen LogP contribution >= 0.6 is 11.6 Å². The van der Waals surface area contributed by atoms with E-state index in [1.165, 1.54) is 12.4 Å². The molecule has 0 amide bonds. The van der Waals surface area contributed by atoms with Crippen molar-refractivity contribution in [3.63, 3.8) is 0 Å². The van der Waals surface area contributed by atoms with Crippen LogP contribution in [0.1, 0.15) is 18.1 Å². The molecule has 2 bridgehead atoms. The van der Waals surface area contributed by atoms with Crippen LogP contribution in [0.4, 0.5) is 21.8 Å². The highest BCUT2D eigenvalue weighted by Crippen LogP contribution is 2.34. The maximum atomic E-state index is 15.3. The third-order valence-electron chi connectivity index (χ3n) is 6.24. The quantitative estimate of drug-likeness (QED) is 0.546. The molecule has 2 aliphatic heterocycles. The van der Waals surface area contributed by atoms with E-state index in [9.17, 15) is 0 Å². The van der Waals surface area contributed by atoms with E-state index in [1.807, 2.05) is 18.5 Å². The van der Waals surface area contributed by atoms with Gasteiger partial charge in [0.2, 0.25) is 11.8 Å². The van der Waals surface area contributed by atoms with E-state index in [2.05, 4.69) is 37.1 Å². The Balaban J connectivity index is 1.32. The van der Waals surface area contributed by atoms with Crippen molar-refractivity contribution >= 4 is 29.1 Å². The Morgan fingerprint density at radius 1 is 1.20 bits per heavy atom. The molecule has 2 fully saturated rings. The molecule has 4 heterocycles. The van der Waals surface area contributed by atoms with Crippen LogP contribution in [0.15, 0.2) is 36.9 Å². The van der Waals surface area contributed by atoms with Gasteiger partial charge in [-0.25, -0.2) is 15.0 Å². The molecule has 0 aliphatic carbocycles. The topological polar surface area (TPSA) is 109 Å². The Morgan fingerprint density at radius 3 is 2.60 bits per heavy atom. The number of anilines is 3. The van der Waals surface area contributed by atoms with E-state index < -0.39 is 5.82 Å². The van der Waals surface area contributed by atoms with Crippen molar-refractivity contribution in [3.8, 4) is 11.9 Å². The van der Waals surface area contributed by atoms with Gasteiger partial charge in [-0.1, -0.05) is 18.5 Å². The van der Waals surface area contributed by atoms with Crippen molar-refractivity contribution < 1.29 is 13.9 Å². The molecule has 1 N–H and O–H groups in total. The number of nitriles is 1.